The van der Waals surface area contributed by atoms with Gasteiger partial charge in [0.25, 0.3) is 5.91 Å². The van der Waals surface area contributed by atoms with Gasteiger partial charge < -0.3 is 10.6 Å². The predicted octanol–water partition coefficient (Wildman–Crippen LogP) is 1.76. The molecule has 0 bridgehead atoms. The SMILES string of the molecule is C/C=C\C(=C/CC(=O)N=NCC(=O)NCCNC)C(F)(F)F. The van der Waals surface area contributed by atoms with E-state index >= 15 is 0 Å². The van der Waals surface area contributed by atoms with Gasteiger partial charge in [-0.3, -0.25) is 9.59 Å². The molecule has 0 aromatic carbocycles. The van der Waals surface area contributed by atoms with E-state index in [0.29, 0.717) is 13.1 Å². The number of allylic oxidation sites excluding steroid dienone is 3. The van der Waals surface area contributed by atoms with Gasteiger partial charge in [-0.15, -0.1) is 5.11 Å². The van der Waals surface area contributed by atoms with Gasteiger partial charge in [0, 0.05) is 19.5 Å². The second kappa shape index (κ2) is 10.7. The molecule has 0 aromatic heterocycles. The van der Waals surface area contributed by atoms with Crippen LogP contribution in [0, 0.1) is 0 Å². The van der Waals surface area contributed by atoms with Gasteiger partial charge in [-0.2, -0.15) is 18.3 Å². The van der Waals surface area contributed by atoms with E-state index < -0.39 is 30.0 Å². The summed E-state index contributed by atoms with van der Waals surface area (Å²) >= 11 is 0. The molecule has 0 heterocycles. The maximum absolute atomic E-state index is 12.5. The quantitative estimate of drug-likeness (QED) is 0.406. The van der Waals surface area contributed by atoms with Crippen molar-refractivity contribution < 1.29 is 22.8 Å². The first-order chi connectivity index (χ1) is 10.3. The molecule has 0 fully saturated rings. The Bertz CT molecular complexity index is 457. The van der Waals surface area contributed by atoms with Crippen molar-refractivity contribution in [1.29, 1.82) is 0 Å². The first-order valence-electron chi connectivity index (χ1n) is 6.53. The van der Waals surface area contributed by atoms with Crippen LogP contribution in [0.15, 0.2) is 34.0 Å². The Morgan fingerprint density at radius 3 is 2.45 bits per heavy atom. The summed E-state index contributed by atoms with van der Waals surface area (Å²) in [6.07, 6.45) is -2.25. The summed E-state index contributed by atoms with van der Waals surface area (Å²) in [5.74, 6) is -1.28. The fraction of sp³-hybridized carbons (Fsp3) is 0.538. The lowest BCUT2D eigenvalue weighted by Gasteiger charge is -2.06. The molecule has 2 N–H and O–H groups in total. The van der Waals surface area contributed by atoms with Crippen LogP contribution in [0.2, 0.25) is 0 Å². The van der Waals surface area contributed by atoms with Gasteiger partial charge in [-0.05, 0) is 14.0 Å². The number of alkyl halides is 3. The number of amides is 2. The molecule has 0 atom stereocenters. The van der Waals surface area contributed by atoms with Crippen molar-refractivity contribution in [3.63, 3.8) is 0 Å². The molecule has 0 aliphatic carbocycles. The highest BCUT2D eigenvalue weighted by Gasteiger charge is 2.31. The van der Waals surface area contributed by atoms with Gasteiger partial charge in [-0.1, -0.05) is 18.2 Å². The van der Waals surface area contributed by atoms with Gasteiger partial charge in [-0.25, -0.2) is 0 Å². The van der Waals surface area contributed by atoms with Crippen LogP contribution in [0.1, 0.15) is 13.3 Å². The molecule has 0 spiro atoms. The van der Waals surface area contributed by atoms with E-state index in [1.807, 2.05) is 0 Å². The summed E-state index contributed by atoms with van der Waals surface area (Å²) < 4.78 is 37.6. The van der Waals surface area contributed by atoms with E-state index in [9.17, 15) is 22.8 Å². The first kappa shape index (κ1) is 20.0. The molecule has 0 aliphatic heterocycles. The number of nitrogens with zero attached hydrogens (tertiary/aromatic N) is 2. The third-order valence-corrected chi connectivity index (χ3v) is 2.26. The minimum atomic E-state index is -4.53. The summed E-state index contributed by atoms with van der Waals surface area (Å²) in [5, 5.41) is 11.9. The zero-order valence-corrected chi connectivity index (χ0v) is 12.4. The largest absolute Gasteiger partial charge is 0.416 e. The molecule has 0 saturated heterocycles. The number of rotatable bonds is 8. The number of nitrogens with one attached hydrogen (secondary N) is 2. The van der Waals surface area contributed by atoms with E-state index in [1.165, 1.54) is 13.0 Å². The van der Waals surface area contributed by atoms with Crippen molar-refractivity contribution in [3.8, 4) is 0 Å². The van der Waals surface area contributed by atoms with Crippen LogP contribution in [-0.2, 0) is 9.59 Å². The molecule has 0 unspecified atom stereocenters. The van der Waals surface area contributed by atoms with Gasteiger partial charge in [0.2, 0.25) is 5.91 Å². The van der Waals surface area contributed by atoms with Crippen LogP contribution in [0.3, 0.4) is 0 Å². The van der Waals surface area contributed by atoms with Crippen LogP contribution in [-0.4, -0.2) is 44.7 Å². The molecule has 0 rings (SSSR count). The fourth-order valence-corrected chi connectivity index (χ4v) is 1.26. The topological polar surface area (TPSA) is 82.9 Å². The Kier molecular flexibility index (Phi) is 9.68. The lowest BCUT2D eigenvalue weighted by atomic mass is 10.2. The Morgan fingerprint density at radius 1 is 1.23 bits per heavy atom. The molecule has 0 aromatic rings. The molecule has 9 heteroatoms. The van der Waals surface area contributed by atoms with E-state index in [4.69, 9.17) is 0 Å². The smallest absolute Gasteiger partial charge is 0.353 e. The average molecular weight is 320 g/mol. The number of carbonyl (C=O) groups excluding carboxylic acids is 2. The van der Waals surface area contributed by atoms with Crippen LogP contribution in [0.4, 0.5) is 13.2 Å². The number of azo groups is 1. The Labute approximate surface area is 126 Å². The average Bonchev–Trinajstić information content (AvgIpc) is 2.42. The van der Waals surface area contributed by atoms with E-state index in [1.54, 1.807) is 7.05 Å². The second-order valence-corrected chi connectivity index (χ2v) is 4.11. The molecule has 0 saturated carbocycles. The maximum Gasteiger partial charge on any atom is 0.416 e. The molecule has 2 amide bonds. The Hall–Kier alpha value is -2.03. The minimum Gasteiger partial charge on any atom is -0.353 e. The van der Waals surface area contributed by atoms with Gasteiger partial charge in [0.05, 0.1) is 5.57 Å². The van der Waals surface area contributed by atoms with Crippen molar-refractivity contribution in [2.75, 3.05) is 26.7 Å². The predicted molar refractivity (Wildman–Crippen MR) is 75.2 cm³/mol. The Balaban J connectivity index is 4.32. The summed E-state index contributed by atoms with van der Waals surface area (Å²) in [7, 11) is 1.72. The highest BCUT2D eigenvalue weighted by Crippen LogP contribution is 2.26. The molecule has 6 nitrogen and oxygen atoms in total. The molecule has 0 radical (unpaired) electrons. The summed E-state index contributed by atoms with van der Waals surface area (Å²) in [4.78, 5) is 22.5. The number of carbonyl (C=O) groups is 2. The molecule has 22 heavy (non-hydrogen) atoms. The number of likely N-dealkylation sites (N-methyl/N-ethyl adjacent to an activating group) is 1. The number of hydrogen-bond donors (Lipinski definition) is 2. The summed E-state index contributed by atoms with van der Waals surface area (Å²) in [5.41, 5.74) is -0.927. The number of hydrogen-bond acceptors (Lipinski definition) is 4. The normalized spacial score (nSPS) is 13.0. The monoisotopic (exact) mass is 320 g/mol. The summed E-state index contributed by atoms with van der Waals surface area (Å²) in [6, 6.07) is 0. The third-order valence-electron chi connectivity index (χ3n) is 2.26. The van der Waals surface area contributed by atoms with Gasteiger partial charge in [0.1, 0.15) is 6.54 Å². The van der Waals surface area contributed by atoms with E-state index in [-0.39, 0.29) is 6.54 Å². The summed E-state index contributed by atoms with van der Waals surface area (Å²) in [6.45, 7) is 2.07. The highest BCUT2D eigenvalue weighted by molar-refractivity contribution is 5.80. The zero-order chi connectivity index (χ0) is 17.0. The fourth-order valence-electron chi connectivity index (χ4n) is 1.26. The molecule has 124 valence electrons. The Morgan fingerprint density at radius 2 is 1.91 bits per heavy atom. The first-order valence-corrected chi connectivity index (χ1v) is 6.53. The second-order valence-electron chi connectivity index (χ2n) is 4.11. The number of halogens is 3. The van der Waals surface area contributed by atoms with Crippen LogP contribution < -0.4 is 10.6 Å². The zero-order valence-electron chi connectivity index (χ0n) is 12.4. The van der Waals surface area contributed by atoms with Crippen LogP contribution in [0.5, 0.6) is 0 Å². The molecular formula is C13H19F3N4O2. The van der Waals surface area contributed by atoms with Crippen molar-refractivity contribution in [1.82, 2.24) is 10.6 Å². The lowest BCUT2D eigenvalue weighted by Crippen LogP contribution is -2.31. The maximum atomic E-state index is 12.5. The van der Waals surface area contributed by atoms with Crippen LogP contribution in [0.25, 0.3) is 0 Å². The van der Waals surface area contributed by atoms with Gasteiger partial charge in [0.15, 0.2) is 0 Å². The van der Waals surface area contributed by atoms with Gasteiger partial charge >= 0.3 is 6.18 Å². The molecule has 0 aliphatic rings. The van der Waals surface area contributed by atoms with Crippen molar-refractivity contribution in [2.45, 2.75) is 19.5 Å². The minimum absolute atomic E-state index is 0.347. The van der Waals surface area contributed by atoms with Crippen molar-refractivity contribution in [2.24, 2.45) is 10.2 Å². The standard InChI is InChI=1S/C13H19F3N4O2/c1-3-4-10(13(14,15)16)5-6-11(21)20-19-9-12(22)18-8-7-17-2/h3-5,17H,6-9H2,1-2H3,(H,18,22)/b4-3-,10-5+,20-19?. The lowest BCUT2D eigenvalue weighted by molar-refractivity contribution is -0.119. The van der Waals surface area contributed by atoms with Crippen molar-refractivity contribution in [3.05, 3.63) is 23.8 Å². The van der Waals surface area contributed by atoms with Crippen molar-refractivity contribution >= 4 is 11.8 Å². The van der Waals surface area contributed by atoms with E-state index in [0.717, 1.165) is 12.2 Å². The molecular weight excluding hydrogens is 301 g/mol. The van der Waals surface area contributed by atoms with Crippen LogP contribution >= 0.6 is 0 Å². The van der Waals surface area contributed by atoms with E-state index in [2.05, 4.69) is 20.9 Å². The highest BCUT2D eigenvalue weighted by atomic mass is 19.4. The third kappa shape index (κ3) is 9.81.